The van der Waals surface area contributed by atoms with E-state index in [4.69, 9.17) is 16.3 Å². The molecular weight excluding hydrogens is 540 g/mol. The summed E-state index contributed by atoms with van der Waals surface area (Å²) in [7, 11) is 1.44. The highest BCUT2D eigenvalue weighted by Gasteiger charge is 2.53. The lowest BCUT2D eigenvalue weighted by atomic mass is 9.62. The van der Waals surface area contributed by atoms with Crippen molar-refractivity contribution in [3.8, 4) is 6.07 Å². The van der Waals surface area contributed by atoms with E-state index in [1.807, 2.05) is 34.9 Å². The lowest BCUT2D eigenvalue weighted by Crippen LogP contribution is -2.56. The fourth-order valence-electron chi connectivity index (χ4n) is 7.23. The molecule has 2 aromatic rings. The molecule has 0 aromatic heterocycles. The number of hydrogen-bond donors (Lipinski definition) is 0. The first-order chi connectivity index (χ1) is 19.5. The molecule has 4 aliphatic rings. The van der Waals surface area contributed by atoms with Crippen LogP contribution in [0.1, 0.15) is 44.1 Å². The smallest absolute Gasteiger partial charge is 0.409 e. The Balaban J connectivity index is 1.08. The molecule has 3 saturated heterocycles. The predicted octanol–water partition coefficient (Wildman–Crippen LogP) is 6.44. The van der Waals surface area contributed by atoms with Gasteiger partial charge in [-0.3, -0.25) is 0 Å². The third kappa shape index (κ3) is 5.43. The first kappa shape index (κ1) is 27.8. The van der Waals surface area contributed by atoms with Gasteiger partial charge in [0.05, 0.1) is 29.9 Å². The molecule has 1 amide bonds. The second kappa shape index (κ2) is 11.8. The molecule has 1 saturated carbocycles. The lowest BCUT2D eigenvalue weighted by Gasteiger charge is -2.48. The highest BCUT2D eigenvalue weighted by Crippen LogP contribution is 2.47. The van der Waals surface area contributed by atoms with E-state index in [2.05, 4.69) is 46.2 Å². The van der Waals surface area contributed by atoms with Crippen LogP contribution in [0.2, 0.25) is 5.02 Å². The van der Waals surface area contributed by atoms with Crippen molar-refractivity contribution in [2.75, 3.05) is 51.3 Å². The summed E-state index contributed by atoms with van der Waals surface area (Å²) < 4.78 is 5.13. The van der Waals surface area contributed by atoms with Gasteiger partial charge in [-0.05, 0) is 81.3 Å². The average molecular weight is 579 g/mol. The number of nitriles is 1. The zero-order valence-corrected chi connectivity index (χ0v) is 24.9. The van der Waals surface area contributed by atoms with Crippen LogP contribution in [-0.2, 0) is 10.2 Å². The van der Waals surface area contributed by atoms with Crippen LogP contribution in [0, 0.1) is 23.2 Å². The van der Waals surface area contributed by atoms with Crippen molar-refractivity contribution in [2.45, 2.75) is 60.1 Å². The standard InChI is InChI=1S/C32H39ClN4O2S/c1-39-31(38)37-15-5-8-30(37)32(22-34,24-6-3-2-4-7-24)25-13-16-35(17-14-25)19-23-20-36(21-23)29-12-11-27(18-28(29)33)40-26-9-10-26/h2-4,6-7,11-12,18,23,25-26,30H,5,8-10,13-17,19-21H2,1H3. The van der Waals surface area contributed by atoms with Crippen molar-refractivity contribution in [1.82, 2.24) is 9.80 Å². The number of hydrogen-bond acceptors (Lipinski definition) is 6. The average Bonchev–Trinajstić information content (AvgIpc) is 3.64. The molecule has 3 aliphatic heterocycles. The van der Waals surface area contributed by atoms with Gasteiger partial charge in [-0.1, -0.05) is 41.9 Å². The molecule has 0 radical (unpaired) electrons. The van der Waals surface area contributed by atoms with E-state index in [0.29, 0.717) is 12.5 Å². The number of carbonyl (C=O) groups is 1. The Kier molecular flexibility index (Phi) is 8.21. The fourth-order valence-corrected chi connectivity index (χ4v) is 8.69. The summed E-state index contributed by atoms with van der Waals surface area (Å²) in [6.07, 6.45) is 5.97. The first-order valence-corrected chi connectivity index (χ1v) is 16.0. The minimum absolute atomic E-state index is 0.164. The van der Waals surface area contributed by atoms with E-state index < -0.39 is 5.41 Å². The molecular formula is C32H39ClN4O2S. The summed E-state index contributed by atoms with van der Waals surface area (Å²) >= 11 is 8.62. The molecule has 0 bridgehead atoms. The van der Waals surface area contributed by atoms with Crippen molar-refractivity contribution in [1.29, 1.82) is 5.26 Å². The maximum absolute atomic E-state index is 12.7. The molecule has 40 heavy (non-hydrogen) atoms. The van der Waals surface area contributed by atoms with E-state index in [0.717, 1.165) is 79.9 Å². The maximum atomic E-state index is 12.7. The van der Waals surface area contributed by atoms with Crippen molar-refractivity contribution in [2.24, 2.45) is 11.8 Å². The highest BCUT2D eigenvalue weighted by atomic mass is 35.5. The van der Waals surface area contributed by atoms with E-state index in [9.17, 15) is 10.1 Å². The molecule has 4 fully saturated rings. The summed E-state index contributed by atoms with van der Waals surface area (Å²) in [5.41, 5.74) is 1.46. The van der Waals surface area contributed by atoms with E-state index in [-0.39, 0.29) is 18.1 Å². The molecule has 2 aromatic carbocycles. The third-order valence-electron chi connectivity index (χ3n) is 9.42. The highest BCUT2D eigenvalue weighted by molar-refractivity contribution is 8.00. The number of halogens is 1. The van der Waals surface area contributed by atoms with E-state index in [1.54, 1.807) is 0 Å². The van der Waals surface area contributed by atoms with Crippen LogP contribution in [-0.4, -0.2) is 73.6 Å². The van der Waals surface area contributed by atoms with Gasteiger partial charge in [0, 0.05) is 42.2 Å². The molecule has 0 spiro atoms. The van der Waals surface area contributed by atoms with Crippen LogP contribution in [0.3, 0.4) is 0 Å². The van der Waals surface area contributed by atoms with Gasteiger partial charge in [0.15, 0.2) is 0 Å². The first-order valence-electron chi connectivity index (χ1n) is 14.8. The number of rotatable bonds is 8. The molecule has 2 atom stereocenters. The van der Waals surface area contributed by atoms with Gasteiger partial charge in [-0.25, -0.2) is 4.79 Å². The number of anilines is 1. The van der Waals surface area contributed by atoms with Gasteiger partial charge in [0.1, 0.15) is 5.41 Å². The molecule has 2 unspecified atom stereocenters. The minimum atomic E-state index is -0.730. The number of amides is 1. The van der Waals surface area contributed by atoms with Crippen LogP contribution in [0.15, 0.2) is 53.4 Å². The number of nitrogens with zero attached hydrogens (tertiary/aromatic N) is 4. The zero-order chi connectivity index (χ0) is 27.7. The second-order valence-electron chi connectivity index (χ2n) is 11.9. The van der Waals surface area contributed by atoms with Crippen molar-refractivity contribution < 1.29 is 9.53 Å². The Morgan fingerprint density at radius 1 is 1.07 bits per heavy atom. The van der Waals surface area contributed by atoms with Crippen molar-refractivity contribution >= 4 is 35.1 Å². The number of carbonyl (C=O) groups excluding carboxylic acids is 1. The molecule has 8 heteroatoms. The minimum Gasteiger partial charge on any atom is -0.453 e. The van der Waals surface area contributed by atoms with Crippen LogP contribution in [0.5, 0.6) is 0 Å². The summed E-state index contributed by atoms with van der Waals surface area (Å²) in [4.78, 5) is 20.8. The molecule has 1 aliphatic carbocycles. The number of methoxy groups -OCH3 is 1. The van der Waals surface area contributed by atoms with Crippen molar-refractivity contribution in [3.63, 3.8) is 0 Å². The van der Waals surface area contributed by atoms with E-state index >= 15 is 0 Å². The summed E-state index contributed by atoms with van der Waals surface area (Å²) in [6, 6.07) is 19.4. The van der Waals surface area contributed by atoms with Gasteiger partial charge < -0.3 is 19.4 Å². The van der Waals surface area contributed by atoms with Crippen molar-refractivity contribution in [3.05, 3.63) is 59.1 Å². The maximum Gasteiger partial charge on any atom is 0.409 e. The summed E-state index contributed by atoms with van der Waals surface area (Å²) in [6.45, 7) is 5.77. The van der Waals surface area contributed by atoms with Crippen LogP contribution >= 0.6 is 23.4 Å². The SMILES string of the molecule is COC(=O)N1CCCC1C(C#N)(c1ccccc1)C1CCN(CC2CN(c3ccc(SC4CC4)cc3Cl)C2)CC1. The number of thioether (sulfide) groups is 1. The Hall–Kier alpha value is -2.40. The van der Waals surface area contributed by atoms with Crippen LogP contribution in [0.4, 0.5) is 10.5 Å². The van der Waals surface area contributed by atoms with Crippen LogP contribution < -0.4 is 4.90 Å². The molecule has 3 heterocycles. The monoisotopic (exact) mass is 578 g/mol. The second-order valence-corrected chi connectivity index (χ2v) is 13.7. The number of likely N-dealkylation sites (tertiary alicyclic amines) is 2. The van der Waals surface area contributed by atoms with Gasteiger partial charge in [-0.15, -0.1) is 11.8 Å². The number of benzene rings is 2. The summed E-state index contributed by atoms with van der Waals surface area (Å²) in [5, 5.41) is 12.5. The van der Waals surface area contributed by atoms with Gasteiger partial charge in [0.2, 0.25) is 0 Å². The fraction of sp³-hybridized carbons (Fsp3) is 0.562. The largest absolute Gasteiger partial charge is 0.453 e. The molecule has 6 nitrogen and oxygen atoms in total. The zero-order valence-electron chi connectivity index (χ0n) is 23.3. The Morgan fingerprint density at radius 3 is 2.48 bits per heavy atom. The molecule has 212 valence electrons. The van der Waals surface area contributed by atoms with Gasteiger partial charge >= 0.3 is 6.09 Å². The Morgan fingerprint density at radius 2 is 1.82 bits per heavy atom. The number of piperidine rings is 1. The topological polar surface area (TPSA) is 59.8 Å². The van der Waals surface area contributed by atoms with Crippen LogP contribution in [0.25, 0.3) is 0 Å². The van der Waals surface area contributed by atoms with Gasteiger partial charge in [0.25, 0.3) is 0 Å². The lowest BCUT2D eigenvalue weighted by molar-refractivity contribution is 0.0705. The number of ether oxygens (including phenoxy) is 1. The Bertz CT molecular complexity index is 1240. The molecule has 0 N–H and O–H groups in total. The molecule has 6 rings (SSSR count). The summed E-state index contributed by atoms with van der Waals surface area (Å²) in [5.74, 6) is 0.822. The Labute approximate surface area is 247 Å². The normalized spacial score (nSPS) is 23.9. The van der Waals surface area contributed by atoms with Gasteiger partial charge in [-0.2, -0.15) is 5.26 Å². The third-order valence-corrected chi connectivity index (χ3v) is 11.0. The predicted molar refractivity (Wildman–Crippen MR) is 161 cm³/mol. The quantitative estimate of drug-likeness (QED) is 0.359. The van der Waals surface area contributed by atoms with E-state index in [1.165, 1.54) is 24.8 Å².